The average molecular weight is 236 g/mol. The van der Waals surface area contributed by atoms with Gasteiger partial charge in [-0.1, -0.05) is 0 Å². The van der Waals surface area contributed by atoms with Crippen LogP contribution in [0.1, 0.15) is 18.5 Å². The van der Waals surface area contributed by atoms with Gasteiger partial charge in [0.1, 0.15) is 6.33 Å². The van der Waals surface area contributed by atoms with Gasteiger partial charge in [0.05, 0.1) is 0 Å². The van der Waals surface area contributed by atoms with Gasteiger partial charge in [-0.05, 0) is 12.8 Å². The van der Waals surface area contributed by atoms with Crippen molar-refractivity contribution in [3.63, 3.8) is 0 Å². The Balaban J connectivity index is 1.58. The molecule has 0 aliphatic heterocycles. The van der Waals surface area contributed by atoms with Gasteiger partial charge < -0.3 is 5.32 Å². The molecule has 1 saturated carbocycles. The molecule has 1 N–H and O–H groups in total. The zero-order chi connectivity index (χ0) is 11.0. The van der Waals surface area contributed by atoms with Crippen LogP contribution >= 0.6 is 11.3 Å². The Hall–Kier alpha value is -1.43. The third-order valence-corrected chi connectivity index (χ3v) is 3.63. The minimum Gasteiger partial charge on any atom is -0.355 e. The first kappa shape index (κ1) is 9.77. The van der Waals surface area contributed by atoms with Gasteiger partial charge in [-0.3, -0.25) is 9.20 Å². The highest BCUT2D eigenvalue weighted by molar-refractivity contribution is 7.15. The summed E-state index contributed by atoms with van der Waals surface area (Å²) in [4.78, 5) is 12.3. The predicted molar refractivity (Wildman–Crippen MR) is 60.3 cm³/mol. The molecule has 16 heavy (non-hydrogen) atoms. The van der Waals surface area contributed by atoms with Crippen LogP contribution in [0, 0.1) is 5.92 Å². The number of thiazole rings is 1. The lowest BCUT2D eigenvalue weighted by atomic mass is 10.3. The molecule has 5 nitrogen and oxygen atoms in total. The summed E-state index contributed by atoms with van der Waals surface area (Å²) in [6.07, 6.45) is 4.65. The summed E-state index contributed by atoms with van der Waals surface area (Å²) in [6, 6.07) is 0. The van der Waals surface area contributed by atoms with Gasteiger partial charge >= 0.3 is 0 Å². The Labute approximate surface area is 96.5 Å². The van der Waals surface area contributed by atoms with E-state index in [1.807, 2.05) is 4.40 Å². The topological polar surface area (TPSA) is 59.3 Å². The van der Waals surface area contributed by atoms with Crippen LogP contribution in [0.4, 0.5) is 0 Å². The van der Waals surface area contributed by atoms with E-state index in [9.17, 15) is 4.79 Å². The zero-order valence-corrected chi connectivity index (χ0v) is 9.54. The predicted octanol–water partition coefficient (Wildman–Crippen LogP) is 0.859. The zero-order valence-electron chi connectivity index (χ0n) is 8.72. The monoisotopic (exact) mass is 236 g/mol. The molecule has 3 rings (SSSR count). The van der Waals surface area contributed by atoms with E-state index < -0.39 is 0 Å². The SMILES string of the molecule is O=C(NCCc1csc2nncn12)C1CC1. The van der Waals surface area contributed by atoms with E-state index in [1.54, 1.807) is 17.7 Å². The van der Waals surface area contributed by atoms with Gasteiger partial charge in [0.15, 0.2) is 0 Å². The molecule has 0 unspecified atom stereocenters. The molecular weight excluding hydrogens is 224 g/mol. The molecule has 1 aliphatic carbocycles. The summed E-state index contributed by atoms with van der Waals surface area (Å²) in [6.45, 7) is 0.694. The molecule has 2 heterocycles. The number of amides is 1. The van der Waals surface area contributed by atoms with Crippen molar-refractivity contribution in [1.29, 1.82) is 0 Å². The van der Waals surface area contributed by atoms with Crippen molar-refractivity contribution in [2.75, 3.05) is 6.54 Å². The standard InChI is InChI=1S/C10H12N4OS/c15-9(7-1-2-7)11-4-3-8-5-16-10-13-12-6-14(8)10/h5-7H,1-4H2,(H,11,15). The van der Waals surface area contributed by atoms with Crippen molar-refractivity contribution in [3.05, 3.63) is 17.4 Å². The Morgan fingerprint density at radius 2 is 2.50 bits per heavy atom. The van der Waals surface area contributed by atoms with Gasteiger partial charge in [0.2, 0.25) is 10.9 Å². The lowest BCUT2D eigenvalue weighted by molar-refractivity contribution is -0.122. The molecule has 1 aliphatic rings. The first-order valence-corrected chi connectivity index (χ1v) is 6.26. The Morgan fingerprint density at radius 1 is 1.62 bits per heavy atom. The number of hydrogen-bond acceptors (Lipinski definition) is 4. The summed E-state index contributed by atoms with van der Waals surface area (Å²) in [5.74, 6) is 0.493. The molecule has 6 heteroatoms. The first-order valence-electron chi connectivity index (χ1n) is 5.38. The molecule has 0 aromatic carbocycles. The molecular formula is C10H12N4OS. The van der Waals surface area contributed by atoms with Gasteiger partial charge in [-0.15, -0.1) is 21.5 Å². The van der Waals surface area contributed by atoms with Crippen molar-refractivity contribution < 1.29 is 4.79 Å². The number of rotatable bonds is 4. The largest absolute Gasteiger partial charge is 0.355 e. The molecule has 0 spiro atoms. The van der Waals surface area contributed by atoms with Crippen LogP contribution < -0.4 is 5.32 Å². The van der Waals surface area contributed by atoms with E-state index in [-0.39, 0.29) is 11.8 Å². The molecule has 1 amide bonds. The molecule has 84 valence electrons. The summed E-state index contributed by atoms with van der Waals surface area (Å²) in [5, 5.41) is 12.8. The maximum atomic E-state index is 11.4. The minimum atomic E-state index is 0.204. The second-order valence-electron chi connectivity index (χ2n) is 4.03. The van der Waals surface area contributed by atoms with Gasteiger partial charge in [-0.25, -0.2) is 0 Å². The molecule has 0 radical (unpaired) electrons. The highest BCUT2D eigenvalue weighted by Crippen LogP contribution is 2.28. The highest BCUT2D eigenvalue weighted by Gasteiger charge is 2.29. The number of fused-ring (bicyclic) bond motifs is 1. The number of aromatic nitrogens is 3. The number of nitrogens with one attached hydrogen (secondary N) is 1. The smallest absolute Gasteiger partial charge is 0.223 e. The second kappa shape index (κ2) is 3.86. The molecule has 2 aromatic heterocycles. The lowest BCUT2D eigenvalue weighted by Gasteiger charge is -2.02. The van der Waals surface area contributed by atoms with Crippen molar-refractivity contribution in [3.8, 4) is 0 Å². The van der Waals surface area contributed by atoms with E-state index in [1.165, 1.54) is 0 Å². The molecule has 0 atom stereocenters. The molecule has 1 fully saturated rings. The maximum absolute atomic E-state index is 11.4. The van der Waals surface area contributed by atoms with Crippen LogP contribution in [0.2, 0.25) is 0 Å². The lowest BCUT2D eigenvalue weighted by Crippen LogP contribution is -2.27. The van der Waals surface area contributed by atoms with Crippen LogP contribution in [-0.2, 0) is 11.2 Å². The number of carbonyl (C=O) groups is 1. The van der Waals surface area contributed by atoms with Crippen molar-refractivity contribution >= 4 is 22.2 Å². The third-order valence-electron chi connectivity index (χ3n) is 2.75. The van der Waals surface area contributed by atoms with Crippen LogP contribution in [0.3, 0.4) is 0 Å². The van der Waals surface area contributed by atoms with Gasteiger partial charge in [0.25, 0.3) is 0 Å². The third kappa shape index (κ3) is 1.80. The van der Waals surface area contributed by atoms with Crippen molar-refractivity contribution in [2.45, 2.75) is 19.3 Å². The van der Waals surface area contributed by atoms with Crippen LogP contribution in [-0.4, -0.2) is 27.0 Å². The number of carbonyl (C=O) groups excluding carboxylic acids is 1. The van der Waals surface area contributed by atoms with Crippen molar-refractivity contribution in [2.24, 2.45) is 5.92 Å². The first-order chi connectivity index (χ1) is 7.84. The van der Waals surface area contributed by atoms with Crippen LogP contribution in [0.25, 0.3) is 4.96 Å². The Bertz CT molecular complexity index is 514. The van der Waals surface area contributed by atoms with E-state index in [2.05, 4.69) is 20.9 Å². The fourth-order valence-corrected chi connectivity index (χ4v) is 2.51. The van der Waals surface area contributed by atoms with E-state index >= 15 is 0 Å². The second-order valence-corrected chi connectivity index (χ2v) is 4.86. The molecule has 2 aromatic rings. The van der Waals surface area contributed by atoms with Gasteiger partial charge in [0, 0.05) is 30.0 Å². The normalized spacial score (nSPS) is 15.5. The van der Waals surface area contributed by atoms with E-state index in [4.69, 9.17) is 0 Å². The van der Waals surface area contributed by atoms with Gasteiger partial charge in [-0.2, -0.15) is 0 Å². The molecule has 0 saturated heterocycles. The fourth-order valence-electron chi connectivity index (χ4n) is 1.66. The summed E-state index contributed by atoms with van der Waals surface area (Å²) in [5.41, 5.74) is 1.15. The minimum absolute atomic E-state index is 0.204. The van der Waals surface area contributed by atoms with E-state index in [0.29, 0.717) is 6.54 Å². The quantitative estimate of drug-likeness (QED) is 0.856. The maximum Gasteiger partial charge on any atom is 0.223 e. The Morgan fingerprint density at radius 3 is 3.31 bits per heavy atom. The van der Waals surface area contributed by atoms with E-state index in [0.717, 1.165) is 29.9 Å². The molecule has 0 bridgehead atoms. The average Bonchev–Trinajstić information content (AvgIpc) is 2.91. The highest BCUT2D eigenvalue weighted by atomic mass is 32.1. The van der Waals surface area contributed by atoms with Crippen LogP contribution in [0.15, 0.2) is 11.7 Å². The summed E-state index contributed by atoms with van der Waals surface area (Å²) >= 11 is 1.57. The number of hydrogen-bond donors (Lipinski definition) is 1. The summed E-state index contributed by atoms with van der Waals surface area (Å²) < 4.78 is 1.97. The number of nitrogens with zero attached hydrogens (tertiary/aromatic N) is 3. The fraction of sp³-hybridized carbons (Fsp3) is 0.500. The summed E-state index contributed by atoms with van der Waals surface area (Å²) in [7, 11) is 0. The van der Waals surface area contributed by atoms with Crippen molar-refractivity contribution in [1.82, 2.24) is 19.9 Å². The Kier molecular flexibility index (Phi) is 2.36. The van der Waals surface area contributed by atoms with Crippen LogP contribution in [0.5, 0.6) is 0 Å².